The summed E-state index contributed by atoms with van der Waals surface area (Å²) in [6, 6.07) is 7.05. The number of aryl methyl sites for hydroxylation is 2. The van der Waals surface area contributed by atoms with Gasteiger partial charge in [0.05, 0.1) is 22.9 Å². The molecule has 0 atom stereocenters. The average molecular weight is 333 g/mol. The molecule has 0 saturated carbocycles. The number of nitrogens with zero attached hydrogens (tertiary/aromatic N) is 1. The van der Waals surface area contributed by atoms with Crippen molar-refractivity contribution >= 4 is 27.5 Å². The smallest absolute Gasteiger partial charge is 0.259 e. The normalized spacial score (nSPS) is 10.2. The van der Waals surface area contributed by atoms with Gasteiger partial charge < -0.3 is 9.73 Å². The molecule has 1 amide bonds. The average Bonchev–Trinajstić information content (AvgIpc) is 2.65. The number of anilines is 1. The minimum Gasteiger partial charge on any atom is -0.466 e. The lowest BCUT2D eigenvalue weighted by Gasteiger charge is -2.07. The van der Waals surface area contributed by atoms with E-state index in [0.717, 1.165) is 11.3 Å². The molecule has 0 spiro atoms. The van der Waals surface area contributed by atoms with Gasteiger partial charge in [0.15, 0.2) is 0 Å². The number of hydrogen-bond donors (Lipinski definition) is 1. The summed E-state index contributed by atoms with van der Waals surface area (Å²) in [5, 5.41) is 11.6. The summed E-state index contributed by atoms with van der Waals surface area (Å²) in [6.07, 6.45) is 0. The van der Waals surface area contributed by atoms with Crippen LogP contribution in [-0.4, -0.2) is 5.91 Å². The van der Waals surface area contributed by atoms with Crippen LogP contribution in [0.25, 0.3) is 0 Å². The molecule has 0 bridgehead atoms. The second-order valence-electron chi connectivity index (χ2n) is 4.47. The van der Waals surface area contributed by atoms with Gasteiger partial charge in [-0.1, -0.05) is 0 Å². The molecule has 0 saturated heterocycles. The number of carbonyl (C=O) groups is 1. The van der Waals surface area contributed by atoms with E-state index in [4.69, 9.17) is 9.68 Å². The molecule has 1 N–H and O–H groups in total. The van der Waals surface area contributed by atoms with Gasteiger partial charge in [0.1, 0.15) is 11.5 Å². The molecule has 1 heterocycles. The third-order valence-corrected chi connectivity index (χ3v) is 3.79. The molecule has 0 aliphatic heterocycles. The Labute approximate surface area is 125 Å². The van der Waals surface area contributed by atoms with Crippen LogP contribution in [0.5, 0.6) is 0 Å². The topological polar surface area (TPSA) is 66.0 Å². The Bertz CT molecular complexity index is 726. The zero-order valence-electron chi connectivity index (χ0n) is 11.4. The number of amides is 1. The van der Waals surface area contributed by atoms with Crippen molar-refractivity contribution in [1.29, 1.82) is 5.26 Å². The molecular formula is C15H13BrN2O2. The summed E-state index contributed by atoms with van der Waals surface area (Å²) in [7, 11) is 0. The molecule has 0 unspecified atom stereocenters. The highest BCUT2D eigenvalue weighted by atomic mass is 79.9. The Morgan fingerprint density at radius 3 is 2.50 bits per heavy atom. The van der Waals surface area contributed by atoms with Crippen LogP contribution in [0, 0.1) is 32.1 Å². The van der Waals surface area contributed by atoms with Gasteiger partial charge in [-0.3, -0.25) is 4.79 Å². The van der Waals surface area contributed by atoms with E-state index in [-0.39, 0.29) is 5.91 Å². The van der Waals surface area contributed by atoms with Gasteiger partial charge in [0, 0.05) is 10.0 Å². The molecule has 1 aromatic carbocycles. The second-order valence-corrected chi connectivity index (χ2v) is 5.33. The van der Waals surface area contributed by atoms with Crippen molar-refractivity contribution in [1.82, 2.24) is 0 Å². The van der Waals surface area contributed by atoms with E-state index in [1.807, 2.05) is 19.9 Å². The van der Waals surface area contributed by atoms with E-state index < -0.39 is 0 Å². The number of furan rings is 1. The van der Waals surface area contributed by atoms with E-state index in [9.17, 15) is 4.79 Å². The fraction of sp³-hybridized carbons (Fsp3) is 0.200. The van der Waals surface area contributed by atoms with Crippen LogP contribution in [0.3, 0.4) is 0 Å². The molecule has 0 fully saturated rings. The highest BCUT2D eigenvalue weighted by molar-refractivity contribution is 9.10. The highest BCUT2D eigenvalue weighted by Gasteiger charge is 2.19. The zero-order valence-corrected chi connectivity index (χ0v) is 13.0. The minimum absolute atomic E-state index is 0.220. The minimum atomic E-state index is -0.220. The van der Waals surface area contributed by atoms with Gasteiger partial charge in [-0.25, -0.2) is 0 Å². The van der Waals surface area contributed by atoms with Gasteiger partial charge in [0.25, 0.3) is 5.91 Å². The number of halogens is 1. The fourth-order valence-corrected chi connectivity index (χ4v) is 2.48. The first-order valence-electron chi connectivity index (χ1n) is 6.01. The highest BCUT2D eigenvalue weighted by Crippen LogP contribution is 2.26. The van der Waals surface area contributed by atoms with Crippen LogP contribution < -0.4 is 5.32 Å². The SMILES string of the molecule is Cc1oc(C)c(C(=O)Nc2ccc(C#N)cc2Br)c1C. The van der Waals surface area contributed by atoms with Gasteiger partial charge in [0.2, 0.25) is 0 Å². The monoisotopic (exact) mass is 332 g/mol. The Morgan fingerprint density at radius 2 is 2.00 bits per heavy atom. The third-order valence-electron chi connectivity index (χ3n) is 3.13. The predicted octanol–water partition coefficient (Wildman–Crippen LogP) is 4.09. The van der Waals surface area contributed by atoms with Gasteiger partial charge in [-0.15, -0.1) is 0 Å². The quantitative estimate of drug-likeness (QED) is 0.900. The maximum Gasteiger partial charge on any atom is 0.259 e. The van der Waals surface area contributed by atoms with E-state index in [2.05, 4.69) is 21.2 Å². The van der Waals surface area contributed by atoms with Gasteiger partial charge >= 0.3 is 0 Å². The van der Waals surface area contributed by atoms with Crippen molar-refractivity contribution in [2.24, 2.45) is 0 Å². The second kappa shape index (κ2) is 5.51. The molecule has 2 rings (SSSR count). The number of hydrogen-bond acceptors (Lipinski definition) is 3. The largest absolute Gasteiger partial charge is 0.466 e. The number of rotatable bonds is 2. The first-order chi connectivity index (χ1) is 9.43. The third kappa shape index (κ3) is 2.61. The summed E-state index contributed by atoms with van der Waals surface area (Å²) < 4.78 is 6.12. The van der Waals surface area contributed by atoms with Crippen LogP contribution >= 0.6 is 15.9 Å². The summed E-state index contributed by atoms with van der Waals surface area (Å²) in [4.78, 5) is 12.3. The van der Waals surface area contributed by atoms with Crippen molar-refractivity contribution in [3.05, 3.63) is 50.9 Å². The molecule has 102 valence electrons. The number of nitrogens with one attached hydrogen (secondary N) is 1. The zero-order chi connectivity index (χ0) is 14.9. The molecular weight excluding hydrogens is 320 g/mol. The first kappa shape index (κ1) is 14.4. The molecule has 0 aliphatic rings. The van der Waals surface area contributed by atoms with E-state index in [1.165, 1.54) is 0 Å². The van der Waals surface area contributed by atoms with Crippen LogP contribution in [-0.2, 0) is 0 Å². The van der Waals surface area contributed by atoms with Crippen LogP contribution in [0.1, 0.15) is 33.0 Å². The Balaban J connectivity index is 2.31. The molecule has 0 radical (unpaired) electrons. The van der Waals surface area contributed by atoms with Crippen molar-refractivity contribution in [2.75, 3.05) is 5.32 Å². The molecule has 1 aromatic heterocycles. The summed E-state index contributed by atoms with van der Waals surface area (Å²) >= 11 is 3.34. The lowest BCUT2D eigenvalue weighted by Crippen LogP contribution is -2.14. The summed E-state index contributed by atoms with van der Waals surface area (Å²) in [6.45, 7) is 5.45. The van der Waals surface area contributed by atoms with E-state index in [0.29, 0.717) is 27.0 Å². The van der Waals surface area contributed by atoms with Crippen LogP contribution in [0.2, 0.25) is 0 Å². The van der Waals surface area contributed by atoms with Crippen molar-refractivity contribution in [2.45, 2.75) is 20.8 Å². The Morgan fingerprint density at radius 1 is 1.30 bits per heavy atom. The number of nitriles is 1. The van der Waals surface area contributed by atoms with Gasteiger partial charge in [-0.05, 0) is 54.9 Å². The van der Waals surface area contributed by atoms with Gasteiger partial charge in [-0.2, -0.15) is 5.26 Å². The van der Waals surface area contributed by atoms with Crippen molar-refractivity contribution in [3.8, 4) is 6.07 Å². The van der Waals surface area contributed by atoms with Crippen LogP contribution in [0.4, 0.5) is 5.69 Å². The first-order valence-corrected chi connectivity index (χ1v) is 6.81. The van der Waals surface area contributed by atoms with E-state index >= 15 is 0 Å². The molecule has 20 heavy (non-hydrogen) atoms. The van der Waals surface area contributed by atoms with Crippen molar-refractivity contribution in [3.63, 3.8) is 0 Å². The molecule has 5 heteroatoms. The van der Waals surface area contributed by atoms with Crippen molar-refractivity contribution < 1.29 is 9.21 Å². The lowest BCUT2D eigenvalue weighted by molar-refractivity contribution is 0.102. The Hall–Kier alpha value is -2.06. The standard InChI is InChI=1S/C15H13BrN2O2/c1-8-9(2)20-10(3)14(8)15(19)18-13-5-4-11(7-17)6-12(13)16/h4-6H,1-3H3,(H,18,19). The fourth-order valence-electron chi connectivity index (χ4n) is 2.00. The summed E-state index contributed by atoms with van der Waals surface area (Å²) in [5.41, 5.74) is 2.54. The molecule has 4 nitrogen and oxygen atoms in total. The molecule has 2 aromatic rings. The maximum absolute atomic E-state index is 12.3. The summed E-state index contributed by atoms with van der Waals surface area (Å²) in [5.74, 6) is 1.12. The van der Waals surface area contributed by atoms with Crippen LogP contribution in [0.15, 0.2) is 27.1 Å². The number of benzene rings is 1. The predicted molar refractivity (Wildman–Crippen MR) is 79.7 cm³/mol. The Kier molecular flexibility index (Phi) is 3.96. The number of carbonyl (C=O) groups excluding carboxylic acids is 1. The maximum atomic E-state index is 12.3. The lowest BCUT2D eigenvalue weighted by atomic mass is 10.1. The molecule has 0 aliphatic carbocycles. The van der Waals surface area contributed by atoms with E-state index in [1.54, 1.807) is 25.1 Å².